The summed E-state index contributed by atoms with van der Waals surface area (Å²) in [6, 6.07) is 0. The van der Waals surface area contributed by atoms with Crippen molar-refractivity contribution in [2.75, 3.05) is 13.7 Å². The average Bonchev–Trinajstić information content (AvgIpc) is 2.84. The summed E-state index contributed by atoms with van der Waals surface area (Å²) in [6.07, 6.45) is 13.7. The number of fused-ring (bicyclic) bond motifs is 5. The van der Waals surface area contributed by atoms with Gasteiger partial charge in [0, 0.05) is 13.7 Å². The highest BCUT2D eigenvalue weighted by Crippen LogP contribution is 2.63. The van der Waals surface area contributed by atoms with E-state index in [-0.39, 0.29) is 6.10 Å². The number of hydrogen-bond donors (Lipinski definition) is 1. The van der Waals surface area contributed by atoms with Crippen LogP contribution < -0.4 is 0 Å². The van der Waals surface area contributed by atoms with Gasteiger partial charge in [-0.15, -0.1) is 0 Å². The third-order valence-electron chi connectivity index (χ3n) is 8.07. The lowest BCUT2D eigenvalue weighted by atomic mass is 9.50. The van der Waals surface area contributed by atoms with Gasteiger partial charge < -0.3 is 9.84 Å². The van der Waals surface area contributed by atoms with Crippen LogP contribution in [-0.4, -0.2) is 24.9 Å². The van der Waals surface area contributed by atoms with E-state index < -0.39 is 0 Å². The number of hydrogen-bond acceptors (Lipinski definition) is 2. The van der Waals surface area contributed by atoms with E-state index in [9.17, 15) is 5.11 Å². The van der Waals surface area contributed by atoms with E-state index in [0.717, 1.165) is 48.5 Å². The molecule has 3 saturated carbocycles. The highest BCUT2D eigenvalue weighted by Gasteiger charge is 2.56. The zero-order valence-electron chi connectivity index (χ0n) is 14.2. The molecule has 2 nitrogen and oxygen atoms in total. The van der Waals surface area contributed by atoms with Crippen LogP contribution in [0.1, 0.15) is 51.9 Å². The maximum atomic E-state index is 9.93. The fourth-order valence-electron chi connectivity index (χ4n) is 6.96. The Hall–Kier alpha value is -0.340. The molecule has 124 valence electrons. The Morgan fingerprint density at radius 1 is 1.09 bits per heavy atom. The molecular formula is C20H32O2. The van der Waals surface area contributed by atoms with Gasteiger partial charge in [-0.05, 0) is 85.9 Å². The molecule has 22 heavy (non-hydrogen) atoms. The van der Waals surface area contributed by atoms with Crippen LogP contribution in [0, 0.1) is 40.9 Å². The molecule has 0 spiro atoms. The van der Waals surface area contributed by atoms with Crippen molar-refractivity contribution in [1.29, 1.82) is 0 Å². The van der Waals surface area contributed by atoms with Gasteiger partial charge in [-0.1, -0.05) is 19.1 Å². The second kappa shape index (κ2) is 5.63. The first-order chi connectivity index (χ1) is 10.6. The smallest absolute Gasteiger partial charge is 0.0723 e. The van der Waals surface area contributed by atoms with Crippen molar-refractivity contribution in [2.24, 2.45) is 40.9 Å². The van der Waals surface area contributed by atoms with Crippen molar-refractivity contribution in [3.8, 4) is 0 Å². The molecule has 4 aliphatic rings. The summed E-state index contributed by atoms with van der Waals surface area (Å²) in [6.45, 7) is 3.53. The molecule has 8 atom stereocenters. The van der Waals surface area contributed by atoms with Gasteiger partial charge in [0.25, 0.3) is 0 Å². The molecule has 0 radical (unpaired) electrons. The Morgan fingerprint density at radius 2 is 1.95 bits per heavy atom. The first-order valence-corrected chi connectivity index (χ1v) is 9.49. The molecule has 0 aromatic rings. The first-order valence-electron chi connectivity index (χ1n) is 9.49. The molecular weight excluding hydrogens is 272 g/mol. The number of allylic oxidation sites excluding steroid dienone is 1. The molecule has 0 heterocycles. The molecule has 3 fully saturated rings. The molecule has 0 saturated heterocycles. The lowest BCUT2D eigenvalue weighted by molar-refractivity contribution is -0.0577. The van der Waals surface area contributed by atoms with Crippen LogP contribution in [0.2, 0.25) is 0 Å². The van der Waals surface area contributed by atoms with Crippen molar-refractivity contribution in [2.45, 2.75) is 58.0 Å². The van der Waals surface area contributed by atoms with E-state index in [0.29, 0.717) is 5.41 Å². The van der Waals surface area contributed by atoms with E-state index in [1.807, 2.05) is 7.11 Å². The normalized spacial score (nSPS) is 53.7. The van der Waals surface area contributed by atoms with E-state index in [4.69, 9.17) is 4.74 Å². The molecule has 2 heteroatoms. The second-order valence-corrected chi connectivity index (χ2v) is 8.81. The van der Waals surface area contributed by atoms with Crippen LogP contribution in [0.15, 0.2) is 12.2 Å². The van der Waals surface area contributed by atoms with E-state index in [1.165, 1.54) is 38.5 Å². The van der Waals surface area contributed by atoms with Crippen molar-refractivity contribution < 1.29 is 9.84 Å². The summed E-state index contributed by atoms with van der Waals surface area (Å²) < 4.78 is 5.53. The Bertz CT molecular complexity index is 445. The van der Waals surface area contributed by atoms with Crippen LogP contribution in [0.25, 0.3) is 0 Å². The highest BCUT2D eigenvalue weighted by atomic mass is 16.5. The average molecular weight is 304 g/mol. The number of rotatable bonds is 2. The number of aliphatic hydroxyl groups excluding tert-OH is 1. The van der Waals surface area contributed by atoms with Crippen LogP contribution in [0.4, 0.5) is 0 Å². The lowest BCUT2D eigenvalue weighted by Crippen LogP contribution is -2.48. The second-order valence-electron chi connectivity index (χ2n) is 8.81. The van der Waals surface area contributed by atoms with Gasteiger partial charge in [-0.2, -0.15) is 0 Å². The van der Waals surface area contributed by atoms with Crippen molar-refractivity contribution in [3.63, 3.8) is 0 Å². The third-order valence-corrected chi connectivity index (χ3v) is 8.07. The zero-order valence-corrected chi connectivity index (χ0v) is 14.2. The lowest BCUT2D eigenvalue weighted by Gasteiger charge is -2.55. The van der Waals surface area contributed by atoms with E-state index in [2.05, 4.69) is 19.1 Å². The number of ether oxygens (including phenoxy) is 1. The first kappa shape index (κ1) is 15.2. The van der Waals surface area contributed by atoms with Gasteiger partial charge in [0.1, 0.15) is 0 Å². The molecule has 4 aliphatic carbocycles. The number of methoxy groups -OCH3 is 1. The largest absolute Gasteiger partial charge is 0.389 e. The van der Waals surface area contributed by atoms with Gasteiger partial charge in [0.2, 0.25) is 0 Å². The van der Waals surface area contributed by atoms with Gasteiger partial charge in [0.05, 0.1) is 6.10 Å². The quantitative estimate of drug-likeness (QED) is 0.780. The molecule has 0 aliphatic heterocycles. The van der Waals surface area contributed by atoms with Gasteiger partial charge in [0.15, 0.2) is 0 Å². The van der Waals surface area contributed by atoms with Gasteiger partial charge >= 0.3 is 0 Å². The minimum absolute atomic E-state index is 0.177. The maximum absolute atomic E-state index is 9.93. The minimum atomic E-state index is -0.177. The maximum Gasteiger partial charge on any atom is 0.0723 e. The van der Waals surface area contributed by atoms with Crippen LogP contribution in [-0.2, 0) is 4.74 Å². The standard InChI is InChI=1S/C20H32O2/c1-20-10-9-17-16-7-5-15(21)11-13(16)3-6-18(17)19(20)8-4-14(20)12-22-2/h5,7,13-19,21H,3-4,6,8-12H2,1-2H3/t13-,14+,15?,16-,17+,18+,19-,20+/m0/s1. The Labute approximate surface area is 135 Å². The monoisotopic (exact) mass is 304 g/mol. The van der Waals surface area contributed by atoms with Crippen molar-refractivity contribution in [3.05, 3.63) is 12.2 Å². The van der Waals surface area contributed by atoms with Gasteiger partial charge in [-0.3, -0.25) is 0 Å². The Morgan fingerprint density at radius 3 is 2.77 bits per heavy atom. The summed E-state index contributed by atoms with van der Waals surface area (Å²) in [4.78, 5) is 0. The van der Waals surface area contributed by atoms with Crippen LogP contribution >= 0.6 is 0 Å². The predicted octanol–water partition coefficient (Wildman–Crippen LogP) is 4.04. The summed E-state index contributed by atoms with van der Waals surface area (Å²) in [7, 11) is 1.87. The summed E-state index contributed by atoms with van der Waals surface area (Å²) >= 11 is 0. The Balaban J connectivity index is 1.56. The molecule has 1 unspecified atom stereocenters. The molecule has 0 bridgehead atoms. The van der Waals surface area contributed by atoms with Crippen molar-refractivity contribution in [1.82, 2.24) is 0 Å². The highest BCUT2D eigenvalue weighted by molar-refractivity contribution is 5.11. The topological polar surface area (TPSA) is 29.5 Å². The predicted molar refractivity (Wildman–Crippen MR) is 88.4 cm³/mol. The van der Waals surface area contributed by atoms with E-state index in [1.54, 1.807) is 0 Å². The number of aliphatic hydroxyl groups is 1. The summed E-state index contributed by atoms with van der Waals surface area (Å²) in [5.41, 5.74) is 0.530. The zero-order chi connectivity index (χ0) is 15.3. The fraction of sp³-hybridized carbons (Fsp3) is 0.900. The molecule has 0 aromatic heterocycles. The third kappa shape index (κ3) is 2.21. The summed E-state index contributed by atoms with van der Waals surface area (Å²) in [5, 5.41) is 9.93. The fourth-order valence-corrected chi connectivity index (χ4v) is 6.96. The molecule has 0 amide bonds. The van der Waals surface area contributed by atoms with Crippen molar-refractivity contribution >= 4 is 0 Å². The molecule has 0 aromatic carbocycles. The minimum Gasteiger partial charge on any atom is -0.389 e. The molecule has 4 rings (SSSR count). The van der Waals surface area contributed by atoms with Crippen LogP contribution in [0.5, 0.6) is 0 Å². The SMILES string of the molecule is COC[C@H]1CC[C@H]2[C@@H]3CC[C@H]4CC(O)C=C[C@@H]4[C@H]3CC[C@]12C. The van der Waals surface area contributed by atoms with E-state index >= 15 is 0 Å². The molecule has 1 N–H and O–H groups in total. The Kier molecular flexibility index (Phi) is 3.89. The summed E-state index contributed by atoms with van der Waals surface area (Å²) in [5.74, 6) is 5.04. The van der Waals surface area contributed by atoms with Crippen LogP contribution in [0.3, 0.4) is 0 Å². The van der Waals surface area contributed by atoms with Gasteiger partial charge in [-0.25, -0.2) is 0 Å².